The number of rotatable bonds is 8. The van der Waals surface area contributed by atoms with Crippen molar-refractivity contribution >= 4 is 28.3 Å². The molecule has 2 heterocycles. The Kier molecular flexibility index (Phi) is 7.76. The van der Waals surface area contributed by atoms with Crippen LogP contribution in [0.3, 0.4) is 0 Å². The van der Waals surface area contributed by atoms with Crippen LogP contribution in [0.5, 0.6) is 0 Å². The summed E-state index contributed by atoms with van der Waals surface area (Å²) in [5.41, 5.74) is 0.967. The number of piperidine rings is 1. The van der Waals surface area contributed by atoms with E-state index in [0.29, 0.717) is 28.8 Å². The van der Waals surface area contributed by atoms with Crippen molar-refractivity contribution in [1.82, 2.24) is 14.0 Å². The lowest BCUT2D eigenvalue weighted by Gasteiger charge is -2.27. The Morgan fingerprint density at radius 3 is 2.38 bits per heavy atom. The Morgan fingerprint density at radius 1 is 0.912 bits per heavy atom. The van der Waals surface area contributed by atoms with Crippen LogP contribution in [0.25, 0.3) is 10.9 Å². The van der Waals surface area contributed by atoms with Gasteiger partial charge >= 0.3 is 11.7 Å². The lowest BCUT2D eigenvalue weighted by Crippen LogP contribution is -2.43. The van der Waals surface area contributed by atoms with Crippen LogP contribution in [0.1, 0.15) is 22.1 Å². The van der Waals surface area contributed by atoms with Gasteiger partial charge in [0.1, 0.15) is 0 Å². The number of aromatic nitrogens is 2. The van der Waals surface area contributed by atoms with E-state index in [2.05, 4.69) is 15.5 Å². The first-order valence-electron chi connectivity index (χ1n) is 11.7. The van der Waals surface area contributed by atoms with E-state index in [-0.39, 0.29) is 21.7 Å². The van der Waals surface area contributed by atoms with Crippen molar-refractivity contribution in [3.63, 3.8) is 0 Å². The summed E-state index contributed by atoms with van der Waals surface area (Å²) in [6.07, 6.45) is 3.58. The lowest BCUT2D eigenvalue weighted by atomic mass is 10.1. The van der Waals surface area contributed by atoms with Crippen molar-refractivity contribution in [1.29, 1.82) is 0 Å². The first-order chi connectivity index (χ1) is 16.6. The average molecular weight is 470 g/mol. The van der Waals surface area contributed by atoms with Crippen LogP contribution >= 0.6 is 0 Å². The van der Waals surface area contributed by atoms with Crippen molar-refractivity contribution < 1.29 is 12.4 Å². The molecule has 0 radical (unpaired) electrons. The number of para-hydroxylation sites is 1. The van der Waals surface area contributed by atoms with Gasteiger partial charge in [0, 0.05) is 34.4 Å². The minimum absolute atomic E-state index is 0. The number of hydrogen-bond acceptors (Lipinski definition) is 5. The van der Waals surface area contributed by atoms with Crippen molar-refractivity contribution in [2.45, 2.75) is 32.4 Å². The molecule has 1 aromatic heterocycles. The van der Waals surface area contributed by atoms with Crippen molar-refractivity contribution in [2.24, 2.45) is 0 Å². The first-order valence-corrected chi connectivity index (χ1v) is 11.7. The normalized spacial score (nSPS) is 14.3. The molecule has 0 bridgehead atoms. The molecule has 0 spiro atoms. The molecule has 0 unspecified atom stereocenters. The van der Waals surface area contributed by atoms with Gasteiger partial charge < -0.3 is 20.3 Å². The van der Waals surface area contributed by atoms with E-state index in [0.717, 1.165) is 19.6 Å². The van der Waals surface area contributed by atoms with Crippen LogP contribution in [0, 0.1) is 0 Å². The summed E-state index contributed by atoms with van der Waals surface area (Å²) in [4.78, 5) is 41.2. The summed E-state index contributed by atoms with van der Waals surface area (Å²) in [5.74, 6) is 0. The highest BCUT2D eigenvalue weighted by Crippen LogP contribution is 2.17. The molecule has 1 fully saturated rings. The van der Waals surface area contributed by atoms with Gasteiger partial charge in [-0.3, -0.25) is 13.9 Å². The highest BCUT2D eigenvalue weighted by atomic mass is 16.5. The topological polar surface area (TPSA) is 97.6 Å². The molecule has 9 nitrogen and oxygen atoms in total. The Hall–Kier alpha value is -3.43. The molecule has 4 rings (SSSR count). The number of fused-ring (bicyclic) bond motifs is 1. The number of anilines is 2. The smallest absolute Gasteiger partial charge is 0.331 e. The monoisotopic (exact) mass is 469 g/mol. The maximum absolute atomic E-state index is 13.2. The fourth-order valence-electron chi connectivity index (χ4n) is 4.34. The summed E-state index contributed by atoms with van der Waals surface area (Å²) in [6, 6.07) is 13.8. The number of methoxy groups -OCH3 is 1. The molecule has 3 aromatic rings. The molecule has 1 saturated heterocycles. The number of ether oxygens (including phenoxy) is 1. The Morgan fingerprint density at radius 2 is 1.65 bits per heavy atom. The molecule has 2 N–H and O–H groups in total. The average Bonchev–Trinajstić information content (AvgIpc) is 2.85. The molecule has 0 saturated carbocycles. The number of hydrogen-bond donors (Lipinski definition) is 2. The molecule has 184 valence electrons. The largest absolute Gasteiger partial charge is 0.383 e. The van der Waals surface area contributed by atoms with Crippen molar-refractivity contribution in [3.05, 3.63) is 69.4 Å². The summed E-state index contributed by atoms with van der Waals surface area (Å²) in [6.45, 7) is 3.71. The van der Waals surface area contributed by atoms with Gasteiger partial charge in [0.15, 0.2) is 0 Å². The van der Waals surface area contributed by atoms with E-state index < -0.39 is 11.6 Å². The lowest BCUT2D eigenvalue weighted by molar-refractivity contribution is 0.183. The standard InChI is InChI=1S/C25H31N5O4.2H2/c1-34-17-16-30-23(31)21-18-20(27-24(32)26-19-8-4-2-5-9-19)10-11-22(21)29(25(30)33)15-14-28-12-6-3-7-13-28;;/h2,4-5,8-11,18H,3,6-7,12-17H2,1H3,(H2,26,27,32);2*1H. The van der Waals surface area contributed by atoms with E-state index in [4.69, 9.17) is 4.74 Å². The molecule has 0 atom stereocenters. The van der Waals surface area contributed by atoms with Gasteiger partial charge in [-0.25, -0.2) is 9.59 Å². The summed E-state index contributed by atoms with van der Waals surface area (Å²) in [7, 11) is 1.54. The number of benzene rings is 2. The van der Waals surface area contributed by atoms with E-state index >= 15 is 0 Å². The van der Waals surface area contributed by atoms with Gasteiger partial charge in [-0.1, -0.05) is 24.6 Å². The van der Waals surface area contributed by atoms with Crippen LogP contribution in [-0.2, 0) is 17.8 Å². The molecule has 0 aliphatic carbocycles. The first kappa shape index (κ1) is 23.7. The summed E-state index contributed by atoms with van der Waals surface area (Å²) in [5, 5.41) is 5.91. The maximum atomic E-state index is 13.2. The number of carbonyl (C=O) groups is 1. The number of urea groups is 1. The molecular formula is C25H35N5O4. The number of nitrogens with zero attached hydrogens (tertiary/aromatic N) is 3. The van der Waals surface area contributed by atoms with Crippen LogP contribution < -0.4 is 21.9 Å². The number of nitrogens with one attached hydrogen (secondary N) is 2. The third kappa shape index (κ3) is 5.55. The van der Waals surface area contributed by atoms with Gasteiger partial charge in [-0.15, -0.1) is 0 Å². The number of likely N-dealkylation sites (tertiary alicyclic amines) is 1. The van der Waals surface area contributed by atoms with E-state index in [1.807, 2.05) is 18.2 Å². The molecule has 1 aliphatic heterocycles. The fraction of sp³-hybridized carbons (Fsp3) is 0.400. The third-order valence-electron chi connectivity index (χ3n) is 6.12. The molecule has 34 heavy (non-hydrogen) atoms. The highest BCUT2D eigenvalue weighted by molar-refractivity contribution is 6.00. The predicted molar refractivity (Wildman–Crippen MR) is 138 cm³/mol. The van der Waals surface area contributed by atoms with Crippen molar-refractivity contribution in [3.8, 4) is 0 Å². The fourth-order valence-corrected chi connectivity index (χ4v) is 4.34. The Balaban J connectivity index is 0.00000228. The van der Waals surface area contributed by atoms with Crippen LogP contribution in [0.4, 0.5) is 16.2 Å². The van der Waals surface area contributed by atoms with Gasteiger partial charge in [0.2, 0.25) is 0 Å². The van der Waals surface area contributed by atoms with Crippen LogP contribution in [-0.4, -0.2) is 53.4 Å². The second-order valence-electron chi connectivity index (χ2n) is 8.46. The Bertz CT molecular complexity index is 1260. The maximum Gasteiger partial charge on any atom is 0.331 e. The van der Waals surface area contributed by atoms with Gasteiger partial charge in [-0.05, 0) is 56.3 Å². The zero-order valence-corrected chi connectivity index (χ0v) is 19.5. The minimum Gasteiger partial charge on any atom is -0.383 e. The minimum atomic E-state index is -0.413. The van der Waals surface area contributed by atoms with Crippen LogP contribution in [0.15, 0.2) is 58.1 Å². The van der Waals surface area contributed by atoms with Crippen LogP contribution in [0.2, 0.25) is 0 Å². The molecular weight excluding hydrogens is 434 g/mol. The number of carbonyl (C=O) groups excluding carboxylic acids is 1. The summed E-state index contributed by atoms with van der Waals surface area (Å²) >= 11 is 0. The Labute approximate surface area is 200 Å². The zero-order valence-electron chi connectivity index (χ0n) is 19.5. The van der Waals surface area contributed by atoms with Crippen molar-refractivity contribution in [2.75, 3.05) is 44.0 Å². The van der Waals surface area contributed by atoms with Gasteiger partial charge in [0.25, 0.3) is 5.56 Å². The quantitative estimate of drug-likeness (QED) is 0.527. The van der Waals surface area contributed by atoms with E-state index in [1.165, 1.54) is 30.9 Å². The molecule has 2 aromatic carbocycles. The van der Waals surface area contributed by atoms with Gasteiger partial charge in [-0.2, -0.15) is 0 Å². The van der Waals surface area contributed by atoms with Gasteiger partial charge in [0.05, 0.1) is 24.1 Å². The number of amides is 2. The highest BCUT2D eigenvalue weighted by Gasteiger charge is 2.16. The van der Waals surface area contributed by atoms with E-state index in [9.17, 15) is 14.4 Å². The van der Waals surface area contributed by atoms with E-state index in [1.54, 1.807) is 34.9 Å². The molecule has 9 heteroatoms. The molecule has 1 aliphatic rings. The zero-order chi connectivity index (χ0) is 23.9. The third-order valence-corrected chi connectivity index (χ3v) is 6.12. The summed E-state index contributed by atoms with van der Waals surface area (Å²) < 4.78 is 7.99. The second kappa shape index (κ2) is 11.1. The second-order valence-corrected chi connectivity index (χ2v) is 8.46. The SMILES string of the molecule is COCCn1c(=O)c2cc(NC(=O)Nc3ccccc3)ccc2n(CCN2CCCCC2)c1=O.[HH].[HH]. The molecule has 2 amide bonds. The predicted octanol–water partition coefficient (Wildman–Crippen LogP) is 3.43.